The third-order valence-corrected chi connectivity index (χ3v) is 1.44. The number of nitrogens with two attached hydrogens (primary N) is 1. The van der Waals surface area contributed by atoms with Crippen LogP contribution in [0.5, 0.6) is 0 Å². The summed E-state index contributed by atoms with van der Waals surface area (Å²) in [4.78, 5) is 10.3. The Morgan fingerprint density at radius 1 is 1.60 bits per heavy atom. The maximum Gasteiger partial charge on any atom is 0.310 e. The van der Waals surface area contributed by atoms with Gasteiger partial charge in [-0.3, -0.25) is 4.79 Å². The van der Waals surface area contributed by atoms with Gasteiger partial charge in [0.1, 0.15) is 0 Å². The number of ether oxygens (including phenoxy) is 1. The second-order valence-electron chi connectivity index (χ2n) is 2.15. The Kier molecular flexibility index (Phi) is 3.63. The molecular weight excluding hydrogens is 158 g/mol. The zero-order valence-corrected chi connectivity index (χ0v) is 6.13. The first-order valence-corrected chi connectivity index (χ1v) is 2.78. The van der Waals surface area contributed by atoms with Crippen LogP contribution in [0, 0.1) is 5.92 Å². The van der Waals surface area contributed by atoms with Gasteiger partial charge in [-0.05, 0) is 0 Å². The molecule has 1 aliphatic heterocycles. The van der Waals surface area contributed by atoms with Gasteiger partial charge >= 0.3 is 5.97 Å². The topological polar surface area (TPSA) is 72.5 Å². The van der Waals surface area contributed by atoms with E-state index in [9.17, 15) is 4.79 Å². The van der Waals surface area contributed by atoms with Crippen LogP contribution in [-0.4, -0.2) is 30.3 Å². The van der Waals surface area contributed by atoms with Gasteiger partial charge in [-0.25, -0.2) is 0 Å². The van der Waals surface area contributed by atoms with Crippen LogP contribution in [0.1, 0.15) is 0 Å². The fourth-order valence-electron chi connectivity index (χ4n) is 0.825. The third kappa shape index (κ3) is 1.83. The molecule has 0 saturated carbocycles. The lowest BCUT2D eigenvalue weighted by Gasteiger charge is -2.04. The molecule has 0 unspecified atom stereocenters. The Hall–Kier alpha value is -0.320. The maximum absolute atomic E-state index is 10.3. The zero-order chi connectivity index (χ0) is 6.85. The summed E-state index contributed by atoms with van der Waals surface area (Å²) in [6, 6.07) is -0.317. The largest absolute Gasteiger partial charge is 0.481 e. The summed E-state index contributed by atoms with van der Waals surface area (Å²) in [5, 5.41) is 8.42. The van der Waals surface area contributed by atoms with Crippen molar-refractivity contribution in [3.63, 3.8) is 0 Å². The van der Waals surface area contributed by atoms with E-state index in [4.69, 9.17) is 15.6 Å². The summed E-state index contributed by atoms with van der Waals surface area (Å²) in [6.07, 6.45) is 0. The van der Waals surface area contributed by atoms with Crippen LogP contribution >= 0.6 is 12.4 Å². The molecule has 0 aromatic rings. The number of rotatable bonds is 1. The van der Waals surface area contributed by atoms with E-state index in [0.29, 0.717) is 6.61 Å². The molecule has 4 nitrogen and oxygen atoms in total. The zero-order valence-electron chi connectivity index (χ0n) is 5.32. The molecule has 0 aliphatic carbocycles. The van der Waals surface area contributed by atoms with E-state index < -0.39 is 11.9 Å². The molecule has 1 heterocycles. The smallest absolute Gasteiger partial charge is 0.310 e. The van der Waals surface area contributed by atoms with Crippen LogP contribution in [0.4, 0.5) is 0 Å². The van der Waals surface area contributed by atoms with Crippen molar-refractivity contribution in [2.45, 2.75) is 6.04 Å². The Bertz CT molecular complexity index is 130. The molecule has 5 heteroatoms. The Morgan fingerprint density at radius 2 is 2.20 bits per heavy atom. The van der Waals surface area contributed by atoms with Gasteiger partial charge in [-0.1, -0.05) is 0 Å². The molecule has 3 N–H and O–H groups in total. The van der Waals surface area contributed by atoms with Gasteiger partial charge in [0.15, 0.2) is 0 Å². The average molecular weight is 168 g/mol. The molecule has 0 bridgehead atoms. The van der Waals surface area contributed by atoms with E-state index >= 15 is 0 Å². The second-order valence-corrected chi connectivity index (χ2v) is 2.15. The van der Waals surface area contributed by atoms with Crippen LogP contribution < -0.4 is 5.73 Å². The lowest BCUT2D eigenvalue weighted by atomic mass is 10.1. The Balaban J connectivity index is 0.000000810. The molecule has 0 aromatic carbocycles. The number of halogens is 1. The number of aliphatic carboxylic acids is 1. The minimum Gasteiger partial charge on any atom is -0.481 e. The highest BCUT2D eigenvalue weighted by Crippen LogP contribution is 2.10. The van der Waals surface area contributed by atoms with Crippen LogP contribution in [0.15, 0.2) is 0 Å². The van der Waals surface area contributed by atoms with Gasteiger partial charge in [0.05, 0.1) is 19.1 Å². The van der Waals surface area contributed by atoms with Crippen LogP contribution in [0.25, 0.3) is 0 Å². The molecule has 0 spiro atoms. The summed E-state index contributed by atoms with van der Waals surface area (Å²) >= 11 is 0. The molecule has 1 fully saturated rings. The van der Waals surface area contributed by atoms with E-state index in [1.807, 2.05) is 0 Å². The first-order valence-electron chi connectivity index (χ1n) is 2.78. The van der Waals surface area contributed by atoms with E-state index in [1.165, 1.54) is 0 Å². The molecule has 60 valence electrons. The van der Waals surface area contributed by atoms with E-state index in [0.717, 1.165) is 0 Å². The summed E-state index contributed by atoms with van der Waals surface area (Å²) in [7, 11) is 0. The third-order valence-electron chi connectivity index (χ3n) is 1.44. The number of hydrogen-bond donors (Lipinski definition) is 2. The molecule has 0 amide bonds. The highest BCUT2D eigenvalue weighted by atomic mass is 35.5. The van der Waals surface area contributed by atoms with Crippen LogP contribution in [-0.2, 0) is 9.53 Å². The highest BCUT2D eigenvalue weighted by molar-refractivity contribution is 5.85. The first kappa shape index (κ1) is 9.68. The molecule has 0 radical (unpaired) electrons. The van der Waals surface area contributed by atoms with Gasteiger partial charge < -0.3 is 15.6 Å². The Labute approximate surface area is 64.8 Å². The summed E-state index contributed by atoms with van der Waals surface area (Å²) < 4.78 is 4.82. The van der Waals surface area contributed by atoms with Gasteiger partial charge in [0, 0.05) is 6.04 Å². The number of carboxylic acids is 1. The van der Waals surface area contributed by atoms with Crippen LogP contribution in [0.3, 0.4) is 0 Å². The van der Waals surface area contributed by atoms with Crippen LogP contribution in [0.2, 0.25) is 0 Å². The van der Waals surface area contributed by atoms with Crippen molar-refractivity contribution in [3.05, 3.63) is 0 Å². The lowest BCUT2D eigenvalue weighted by Crippen LogP contribution is -2.33. The molecule has 1 rings (SSSR count). The maximum atomic E-state index is 10.3. The number of carboxylic acid groups (broad SMARTS) is 1. The van der Waals surface area contributed by atoms with Crippen molar-refractivity contribution in [1.82, 2.24) is 0 Å². The quantitative estimate of drug-likeness (QED) is 0.551. The minimum atomic E-state index is -0.861. The first-order chi connectivity index (χ1) is 4.22. The normalized spacial score (nSPS) is 31.3. The molecule has 2 atom stereocenters. The van der Waals surface area contributed by atoms with Crippen molar-refractivity contribution in [2.24, 2.45) is 11.7 Å². The van der Waals surface area contributed by atoms with Crippen molar-refractivity contribution in [3.8, 4) is 0 Å². The Morgan fingerprint density at radius 3 is 2.40 bits per heavy atom. The number of carbonyl (C=O) groups is 1. The second kappa shape index (κ2) is 3.75. The molecule has 1 saturated heterocycles. The standard InChI is InChI=1S/C5H9NO3.ClH/c6-4-2-9-1-3(4)5(7)8;/h3-4H,1-2,6H2,(H,7,8);1H/t3-,4+;/m1./s1. The minimum absolute atomic E-state index is 0. The molecule has 1 aliphatic rings. The van der Waals surface area contributed by atoms with Crippen molar-refractivity contribution in [2.75, 3.05) is 13.2 Å². The van der Waals surface area contributed by atoms with E-state index in [-0.39, 0.29) is 25.1 Å². The van der Waals surface area contributed by atoms with Crippen molar-refractivity contribution >= 4 is 18.4 Å². The monoisotopic (exact) mass is 167 g/mol. The van der Waals surface area contributed by atoms with Gasteiger partial charge in [-0.15, -0.1) is 12.4 Å². The fourth-order valence-corrected chi connectivity index (χ4v) is 0.825. The van der Waals surface area contributed by atoms with E-state index in [2.05, 4.69) is 0 Å². The lowest BCUT2D eigenvalue weighted by molar-refractivity contribution is -0.141. The molecule has 10 heavy (non-hydrogen) atoms. The summed E-state index contributed by atoms with van der Waals surface area (Å²) in [5.41, 5.74) is 5.37. The van der Waals surface area contributed by atoms with Crippen molar-refractivity contribution < 1.29 is 14.6 Å². The van der Waals surface area contributed by atoms with Gasteiger partial charge in [-0.2, -0.15) is 0 Å². The van der Waals surface area contributed by atoms with Crippen molar-refractivity contribution in [1.29, 1.82) is 0 Å². The number of hydrogen-bond acceptors (Lipinski definition) is 3. The highest BCUT2D eigenvalue weighted by Gasteiger charge is 2.30. The predicted octanol–water partition coefficient (Wildman–Crippen LogP) is -0.534. The van der Waals surface area contributed by atoms with Gasteiger partial charge in [0.2, 0.25) is 0 Å². The fraction of sp³-hybridized carbons (Fsp3) is 0.800. The molecule has 0 aromatic heterocycles. The van der Waals surface area contributed by atoms with E-state index in [1.54, 1.807) is 0 Å². The summed E-state index contributed by atoms with van der Waals surface area (Å²) in [6.45, 7) is 0.632. The summed E-state index contributed by atoms with van der Waals surface area (Å²) in [5.74, 6) is -1.36. The van der Waals surface area contributed by atoms with Gasteiger partial charge in [0.25, 0.3) is 0 Å². The molecular formula is C5H10ClNO3. The average Bonchev–Trinajstić information content (AvgIpc) is 2.13. The SMILES string of the molecule is Cl.N[C@H]1COC[C@H]1C(=O)O. The predicted molar refractivity (Wildman–Crippen MR) is 37.2 cm³/mol.